The minimum atomic E-state index is -0.343. The summed E-state index contributed by atoms with van der Waals surface area (Å²) >= 11 is 0. The molecular weight excluding hydrogens is 333 g/mol. The van der Waals surface area contributed by atoms with Gasteiger partial charge in [-0.25, -0.2) is 9.07 Å². The molecule has 3 aromatic rings. The Morgan fingerprint density at radius 1 is 1.04 bits per heavy atom. The lowest BCUT2D eigenvalue weighted by molar-refractivity contribution is -0.121. The molecule has 0 saturated heterocycles. The maximum absolute atomic E-state index is 13.1. The van der Waals surface area contributed by atoms with Gasteiger partial charge in [-0.05, 0) is 30.2 Å². The fraction of sp³-hybridized carbons (Fsp3) is 0.150. The zero-order valence-electron chi connectivity index (χ0n) is 14.1. The molecule has 3 rings (SSSR count). The van der Waals surface area contributed by atoms with Crippen LogP contribution in [0.5, 0.6) is 0 Å². The lowest BCUT2D eigenvalue weighted by Crippen LogP contribution is -2.34. The Balaban J connectivity index is 1.61. The van der Waals surface area contributed by atoms with Crippen LogP contribution in [-0.2, 0) is 17.8 Å². The van der Waals surface area contributed by atoms with Crippen molar-refractivity contribution in [2.75, 3.05) is 6.54 Å². The number of nitrogens with zero attached hydrogens (tertiary/aromatic N) is 2. The molecule has 0 aliphatic rings. The van der Waals surface area contributed by atoms with E-state index in [9.17, 15) is 14.0 Å². The predicted octanol–water partition coefficient (Wildman–Crippen LogP) is 2.41. The van der Waals surface area contributed by atoms with Crippen LogP contribution in [0.2, 0.25) is 0 Å². The van der Waals surface area contributed by atoms with E-state index < -0.39 is 0 Å². The maximum atomic E-state index is 13.1. The summed E-state index contributed by atoms with van der Waals surface area (Å²) in [5, 5.41) is 6.98. The Kier molecular flexibility index (Phi) is 5.53. The van der Waals surface area contributed by atoms with Crippen LogP contribution in [0.25, 0.3) is 11.3 Å². The summed E-state index contributed by atoms with van der Waals surface area (Å²) in [6.45, 7) is 0.193. The van der Waals surface area contributed by atoms with Gasteiger partial charge >= 0.3 is 0 Å². The van der Waals surface area contributed by atoms with Gasteiger partial charge in [0.15, 0.2) is 0 Å². The van der Waals surface area contributed by atoms with Gasteiger partial charge in [-0.2, -0.15) is 5.10 Å². The predicted molar refractivity (Wildman–Crippen MR) is 97.0 cm³/mol. The highest BCUT2D eigenvalue weighted by Crippen LogP contribution is 2.13. The smallest absolute Gasteiger partial charge is 0.267 e. The molecule has 6 heteroatoms. The number of carbonyl (C=O) groups is 1. The number of halogens is 1. The highest BCUT2D eigenvalue weighted by atomic mass is 19.1. The van der Waals surface area contributed by atoms with Crippen LogP contribution in [0.3, 0.4) is 0 Å². The summed E-state index contributed by atoms with van der Waals surface area (Å²) in [5.41, 5.74) is 1.95. The van der Waals surface area contributed by atoms with E-state index in [2.05, 4.69) is 10.4 Å². The molecule has 0 bridgehead atoms. The fourth-order valence-corrected chi connectivity index (χ4v) is 2.56. The van der Waals surface area contributed by atoms with Crippen molar-refractivity contribution in [3.8, 4) is 11.3 Å². The van der Waals surface area contributed by atoms with Gasteiger partial charge in [0.2, 0.25) is 5.91 Å². The summed E-state index contributed by atoms with van der Waals surface area (Å²) in [4.78, 5) is 24.0. The number of amides is 1. The fourth-order valence-electron chi connectivity index (χ4n) is 2.56. The van der Waals surface area contributed by atoms with E-state index in [1.165, 1.54) is 18.2 Å². The number of benzene rings is 2. The van der Waals surface area contributed by atoms with Crippen molar-refractivity contribution in [2.24, 2.45) is 0 Å². The van der Waals surface area contributed by atoms with Crippen LogP contribution in [-0.4, -0.2) is 22.2 Å². The van der Waals surface area contributed by atoms with E-state index in [-0.39, 0.29) is 23.8 Å². The van der Waals surface area contributed by atoms with Crippen LogP contribution in [0, 0.1) is 5.82 Å². The Bertz CT molecular complexity index is 955. The first kappa shape index (κ1) is 17.5. The van der Waals surface area contributed by atoms with Gasteiger partial charge < -0.3 is 5.32 Å². The SMILES string of the molecule is O=C(Cn1nc(-c2ccccc2)ccc1=O)NCCc1cccc(F)c1. The highest BCUT2D eigenvalue weighted by molar-refractivity contribution is 5.75. The molecule has 1 heterocycles. The minimum absolute atomic E-state index is 0.164. The summed E-state index contributed by atoms with van der Waals surface area (Å²) in [6, 6.07) is 18.7. The highest BCUT2D eigenvalue weighted by Gasteiger charge is 2.08. The van der Waals surface area contributed by atoms with Crippen molar-refractivity contribution in [1.29, 1.82) is 0 Å². The van der Waals surface area contributed by atoms with E-state index in [1.54, 1.807) is 18.2 Å². The summed E-state index contributed by atoms with van der Waals surface area (Å²) < 4.78 is 14.3. The molecule has 0 atom stereocenters. The van der Waals surface area contributed by atoms with E-state index in [1.807, 2.05) is 30.3 Å². The normalized spacial score (nSPS) is 10.5. The Morgan fingerprint density at radius 3 is 2.62 bits per heavy atom. The number of hydrogen-bond donors (Lipinski definition) is 1. The van der Waals surface area contributed by atoms with Crippen molar-refractivity contribution in [1.82, 2.24) is 15.1 Å². The average Bonchev–Trinajstić information content (AvgIpc) is 2.64. The van der Waals surface area contributed by atoms with Crippen LogP contribution in [0.15, 0.2) is 71.5 Å². The van der Waals surface area contributed by atoms with Crippen molar-refractivity contribution >= 4 is 5.91 Å². The number of aromatic nitrogens is 2. The third-order valence-corrected chi connectivity index (χ3v) is 3.85. The van der Waals surface area contributed by atoms with Crippen molar-refractivity contribution in [3.63, 3.8) is 0 Å². The molecule has 0 unspecified atom stereocenters. The maximum Gasteiger partial charge on any atom is 0.267 e. The molecule has 1 aromatic heterocycles. The number of nitrogens with one attached hydrogen (secondary N) is 1. The summed E-state index contributed by atoms with van der Waals surface area (Å²) in [7, 11) is 0. The van der Waals surface area contributed by atoms with Gasteiger partial charge in [-0.1, -0.05) is 42.5 Å². The van der Waals surface area contributed by atoms with Crippen LogP contribution >= 0.6 is 0 Å². The Hall–Kier alpha value is -3.28. The molecule has 1 amide bonds. The number of carbonyl (C=O) groups excluding carboxylic acids is 1. The lowest BCUT2D eigenvalue weighted by atomic mass is 10.1. The topological polar surface area (TPSA) is 64.0 Å². The van der Waals surface area contributed by atoms with Gasteiger partial charge in [0, 0.05) is 18.2 Å². The lowest BCUT2D eigenvalue weighted by Gasteiger charge is -2.08. The van der Waals surface area contributed by atoms with Gasteiger partial charge in [0.1, 0.15) is 12.4 Å². The van der Waals surface area contributed by atoms with Gasteiger partial charge in [0.05, 0.1) is 5.69 Å². The van der Waals surface area contributed by atoms with Crippen molar-refractivity contribution in [2.45, 2.75) is 13.0 Å². The molecule has 2 aromatic carbocycles. The molecule has 1 N–H and O–H groups in total. The first-order valence-corrected chi connectivity index (χ1v) is 8.26. The van der Waals surface area contributed by atoms with Crippen molar-refractivity contribution < 1.29 is 9.18 Å². The molecule has 0 aliphatic heterocycles. The third-order valence-electron chi connectivity index (χ3n) is 3.85. The van der Waals surface area contributed by atoms with Gasteiger partial charge in [-0.3, -0.25) is 9.59 Å². The van der Waals surface area contributed by atoms with E-state index in [4.69, 9.17) is 0 Å². The second kappa shape index (κ2) is 8.20. The molecular formula is C20H18FN3O2. The molecule has 0 saturated carbocycles. The summed E-state index contributed by atoms with van der Waals surface area (Å²) in [5.74, 6) is -0.622. The summed E-state index contributed by atoms with van der Waals surface area (Å²) in [6.07, 6.45) is 0.510. The molecule has 0 aliphatic carbocycles. The Labute approximate surface area is 150 Å². The standard InChI is InChI=1S/C20H18FN3O2/c21-17-8-4-5-15(13-17)11-12-22-19(25)14-24-20(26)10-9-18(23-24)16-6-2-1-3-7-16/h1-10,13H,11-12,14H2,(H,22,25). The molecule has 0 fully saturated rings. The zero-order chi connectivity index (χ0) is 18.4. The molecule has 5 nitrogen and oxygen atoms in total. The second-order valence-electron chi connectivity index (χ2n) is 5.81. The monoisotopic (exact) mass is 351 g/mol. The first-order valence-electron chi connectivity index (χ1n) is 8.26. The zero-order valence-corrected chi connectivity index (χ0v) is 14.1. The quantitative estimate of drug-likeness (QED) is 0.742. The minimum Gasteiger partial charge on any atom is -0.354 e. The number of rotatable bonds is 6. The molecule has 132 valence electrons. The number of hydrogen-bond acceptors (Lipinski definition) is 3. The van der Waals surface area contributed by atoms with Crippen LogP contribution in [0.1, 0.15) is 5.56 Å². The van der Waals surface area contributed by atoms with E-state index in [0.717, 1.165) is 15.8 Å². The van der Waals surface area contributed by atoms with E-state index in [0.29, 0.717) is 18.7 Å². The van der Waals surface area contributed by atoms with Crippen LogP contribution < -0.4 is 10.9 Å². The first-order chi connectivity index (χ1) is 12.6. The molecule has 0 spiro atoms. The van der Waals surface area contributed by atoms with Gasteiger partial charge in [0.25, 0.3) is 5.56 Å². The van der Waals surface area contributed by atoms with Crippen LogP contribution in [0.4, 0.5) is 4.39 Å². The van der Waals surface area contributed by atoms with Crippen molar-refractivity contribution in [3.05, 3.63) is 88.5 Å². The second-order valence-corrected chi connectivity index (χ2v) is 5.81. The Morgan fingerprint density at radius 2 is 1.85 bits per heavy atom. The third kappa shape index (κ3) is 4.63. The molecule has 26 heavy (non-hydrogen) atoms. The largest absolute Gasteiger partial charge is 0.354 e. The average molecular weight is 351 g/mol. The molecule has 0 radical (unpaired) electrons. The van der Waals surface area contributed by atoms with Gasteiger partial charge in [-0.15, -0.1) is 0 Å². The van der Waals surface area contributed by atoms with E-state index >= 15 is 0 Å².